The van der Waals surface area contributed by atoms with Gasteiger partial charge in [-0.2, -0.15) is 16.1 Å². The molecule has 1 aliphatic rings. The zero-order chi connectivity index (χ0) is 15.1. The van der Waals surface area contributed by atoms with E-state index in [0.29, 0.717) is 34.2 Å². The van der Waals surface area contributed by atoms with E-state index in [-0.39, 0.29) is 0 Å². The van der Waals surface area contributed by atoms with Crippen molar-refractivity contribution in [3.8, 4) is 0 Å². The summed E-state index contributed by atoms with van der Waals surface area (Å²) in [5.41, 5.74) is 8.31. The predicted molar refractivity (Wildman–Crippen MR) is 85.6 cm³/mol. The predicted octanol–water partition coefficient (Wildman–Crippen LogP) is 2.40. The second-order valence-corrected chi connectivity index (χ2v) is 9.35. The molecule has 1 heterocycles. The fourth-order valence-electron chi connectivity index (χ4n) is 2.48. The summed E-state index contributed by atoms with van der Waals surface area (Å²) in [6.07, 6.45) is 0. The van der Waals surface area contributed by atoms with Gasteiger partial charge in [0.05, 0.1) is 4.90 Å². The molecular weight excluding hydrogens is 292 g/mol. The first kappa shape index (κ1) is 15.7. The molecule has 2 unspecified atom stereocenters. The summed E-state index contributed by atoms with van der Waals surface area (Å²) in [6.45, 7) is 9.05. The van der Waals surface area contributed by atoms with E-state index in [1.165, 1.54) is 0 Å². The summed E-state index contributed by atoms with van der Waals surface area (Å²) in [5.74, 6) is 0. The molecule has 2 rings (SSSR count). The molecular formula is C14H22N2O2S2. The summed E-state index contributed by atoms with van der Waals surface area (Å²) in [7, 11) is -3.45. The number of aryl methyl sites for hydroxylation is 1. The van der Waals surface area contributed by atoms with Crippen molar-refractivity contribution in [3.63, 3.8) is 0 Å². The molecule has 112 valence electrons. The van der Waals surface area contributed by atoms with E-state index in [1.54, 1.807) is 16.4 Å². The van der Waals surface area contributed by atoms with Crippen LogP contribution in [0, 0.1) is 13.8 Å². The number of hydrogen-bond acceptors (Lipinski definition) is 4. The molecule has 1 saturated heterocycles. The number of anilines is 1. The quantitative estimate of drug-likeness (QED) is 0.852. The van der Waals surface area contributed by atoms with Crippen molar-refractivity contribution in [3.05, 3.63) is 23.3 Å². The first-order valence-corrected chi connectivity index (χ1v) is 9.12. The Balaban J connectivity index is 2.40. The number of rotatable bonds is 2. The molecule has 6 heteroatoms. The maximum Gasteiger partial charge on any atom is 0.243 e. The zero-order valence-corrected chi connectivity index (χ0v) is 14.0. The van der Waals surface area contributed by atoms with Gasteiger partial charge in [0.15, 0.2) is 0 Å². The maximum absolute atomic E-state index is 12.8. The zero-order valence-electron chi connectivity index (χ0n) is 12.4. The average molecular weight is 314 g/mol. The van der Waals surface area contributed by atoms with Crippen molar-refractivity contribution in [2.24, 2.45) is 0 Å². The molecule has 20 heavy (non-hydrogen) atoms. The Hall–Kier alpha value is -0.720. The lowest BCUT2D eigenvalue weighted by molar-refractivity contribution is 0.405. The maximum atomic E-state index is 12.8. The van der Waals surface area contributed by atoms with Crippen LogP contribution in [0.1, 0.15) is 25.0 Å². The van der Waals surface area contributed by atoms with Crippen LogP contribution in [0.15, 0.2) is 17.0 Å². The molecule has 0 spiro atoms. The lowest BCUT2D eigenvalue weighted by Crippen LogP contribution is -2.43. The van der Waals surface area contributed by atoms with E-state index < -0.39 is 10.0 Å². The smallest absolute Gasteiger partial charge is 0.243 e. The minimum Gasteiger partial charge on any atom is -0.398 e. The average Bonchev–Trinajstić information content (AvgIpc) is 2.34. The Morgan fingerprint density at radius 1 is 1.20 bits per heavy atom. The van der Waals surface area contributed by atoms with Gasteiger partial charge in [0, 0.05) is 29.3 Å². The van der Waals surface area contributed by atoms with E-state index in [1.807, 2.05) is 25.6 Å². The third-order valence-corrected chi connectivity index (χ3v) is 6.74. The van der Waals surface area contributed by atoms with E-state index in [0.717, 1.165) is 11.1 Å². The van der Waals surface area contributed by atoms with E-state index in [4.69, 9.17) is 5.73 Å². The van der Waals surface area contributed by atoms with Gasteiger partial charge in [-0.1, -0.05) is 13.8 Å². The number of thioether (sulfide) groups is 1. The largest absolute Gasteiger partial charge is 0.398 e. The van der Waals surface area contributed by atoms with E-state index in [2.05, 4.69) is 13.8 Å². The molecule has 0 amide bonds. The van der Waals surface area contributed by atoms with Gasteiger partial charge in [0.25, 0.3) is 0 Å². The van der Waals surface area contributed by atoms with Crippen LogP contribution in [0.2, 0.25) is 0 Å². The van der Waals surface area contributed by atoms with Gasteiger partial charge in [-0.15, -0.1) is 0 Å². The van der Waals surface area contributed by atoms with Gasteiger partial charge in [-0.3, -0.25) is 0 Å². The third kappa shape index (κ3) is 2.97. The van der Waals surface area contributed by atoms with E-state index in [9.17, 15) is 8.42 Å². The SMILES string of the molecule is Cc1cc(S(=O)(=O)N2CC(C)SC(C)C2)cc(N)c1C. The number of sulfonamides is 1. The molecule has 2 N–H and O–H groups in total. The fraction of sp³-hybridized carbons (Fsp3) is 0.571. The number of nitrogens with zero attached hydrogens (tertiary/aromatic N) is 1. The van der Waals surface area contributed by atoms with Gasteiger partial charge < -0.3 is 5.73 Å². The van der Waals surface area contributed by atoms with Crippen LogP contribution in [0.4, 0.5) is 5.69 Å². The molecule has 4 nitrogen and oxygen atoms in total. The summed E-state index contributed by atoms with van der Waals surface area (Å²) >= 11 is 1.83. The number of hydrogen-bond donors (Lipinski definition) is 1. The van der Waals surface area contributed by atoms with Crippen molar-refractivity contribution >= 4 is 27.5 Å². The molecule has 0 radical (unpaired) electrons. The topological polar surface area (TPSA) is 63.4 Å². The number of nitrogen functional groups attached to an aromatic ring is 1. The molecule has 0 aliphatic carbocycles. The van der Waals surface area contributed by atoms with Gasteiger partial charge in [0.1, 0.15) is 0 Å². The summed E-state index contributed by atoms with van der Waals surface area (Å²) in [6, 6.07) is 3.30. The monoisotopic (exact) mass is 314 g/mol. The van der Waals surface area contributed by atoms with Crippen LogP contribution < -0.4 is 5.73 Å². The normalized spacial score (nSPS) is 24.8. The second kappa shape index (κ2) is 5.58. The lowest BCUT2D eigenvalue weighted by Gasteiger charge is -2.33. The van der Waals surface area contributed by atoms with Crippen LogP contribution >= 0.6 is 11.8 Å². The van der Waals surface area contributed by atoms with Crippen LogP contribution in [0.25, 0.3) is 0 Å². The van der Waals surface area contributed by atoms with Gasteiger partial charge in [-0.05, 0) is 37.1 Å². The second-order valence-electron chi connectivity index (χ2n) is 5.53. The van der Waals surface area contributed by atoms with Gasteiger partial charge >= 0.3 is 0 Å². The van der Waals surface area contributed by atoms with Crippen molar-refractivity contribution in [1.82, 2.24) is 4.31 Å². The first-order valence-electron chi connectivity index (χ1n) is 6.74. The van der Waals surface area contributed by atoms with Crippen molar-refractivity contribution in [2.45, 2.75) is 43.1 Å². The third-order valence-electron chi connectivity index (χ3n) is 3.70. The van der Waals surface area contributed by atoms with Crippen molar-refractivity contribution < 1.29 is 8.42 Å². The Kier molecular flexibility index (Phi) is 4.37. The Labute approximate surface area is 125 Å². The first-order chi connectivity index (χ1) is 9.21. The molecule has 0 aromatic heterocycles. The fourth-order valence-corrected chi connectivity index (χ4v) is 5.73. The molecule has 2 atom stereocenters. The molecule has 0 saturated carbocycles. The molecule has 0 bridgehead atoms. The van der Waals surface area contributed by atoms with Crippen LogP contribution in [-0.4, -0.2) is 36.3 Å². The summed E-state index contributed by atoms with van der Waals surface area (Å²) in [4.78, 5) is 0.310. The summed E-state index contributed by atoms with van der Waals surface area (Å²) in [5, 5.41) is 0.634. The number of benzene rings is 1. The molecule has 1 aromatic rings. The highest BCUT2D eigenvalue weighted by Crippen LogP contribution is 2.30. The highest BCUT2D eigenvalue weighted by atomic mass is 32.2. The standard InChI is InChI=1S/C14H22N2O2S2/c1-9-5-13(6-14(15)12(9)4)20(17,18)16-7-10(2)19-11(3)8-16/h5-6,10-11H,7-8,15H2,1-4H3. The van der Waals surface area contributed by atoms with Gasteiger partial charge in [0.2, 0.25) is 10.0 Å². The summed E-state index contributed by atoms with van der Waals surface area (Å²) < 4.78 is 27.1. The minimum atomic E-state index is -3.45. The lowest BCUT2D eigenvalue weighted by atomic mass is 10.1. The Morgan fingerprint density at radius 3 is 2.25 bits per heavy atom. The molecule has 1 aliphatic heterocycles. The molecule has 1 aromatic carbocycles. The van der Waals surface area contributed by atoms with Crippen LogP contribution in [0.5, 0.6) is 0 Å². The molecule has 1 fully saturated rings. The highest BCUT2D eigenvalue weighted by Gasteiger charge is 2.32. The highest BCUT2D eigenvalue weighted by molar-refractivity contribution is 8.00. The van der Waals surface area contributed by atoms with Crippen molar-refractivity contribution in [2.75, 3.05) is 18.8 Å². The van der Waals surface area contributed by atoms with E-state index >= 15 is 0 Å². The van der Waals surface area contributed by atoms with Crippen LogP contribution in [-0.2, 0) is 10.0 Å². The van der Waals surface area contributed by atoms with Crippen molar-refractivity contribution in [1.29, 1.82) is 0 Å². The Bertz CT molecular complexity index is 581. The van der Waals surface area contributed by atoms with Gasteiger partial charge in [-0.25, -0.2) is 8.42 Å². The number of nitrogens with two attached hydrogens (primary N) is 1. The minimum absolute atomic E-state index is 0.310. The van der Waals surface area contributed by atoms with Crippen LogP contribution in [0.3, 0.4) is 0 Å². The Morgan fingerprint density at radius 2 is 1.75 bits per heavy atom.